The quantitative estimate of drug-likeness (QED) is 0.305. The maximum atomic E-state index is 12.9. The van der Waals surface area contributed by atoms with Crippen LogP contribution in [0.2, 0.25) is 0 Å². The van der Waals surface area contributed by atoms with Crippen LogP contribution in [0.3, 0.4) is 0 Å². The smallest absolute Gasteiger partial charge is 0.251 e. The number of rotatable bonds is 9. The predicted octanol–water partition coefficient (Wildman–Crippen LogP) is 5.37. The van der Waals surface area contributed by atoms with Crippen molar-refractivity contribution in [3.63, 3.8) is 0 Å². The molecule has 0 atom stereocenters. The second-order valence-electron chi connectivity index (χ2n) is 6.73. The van der Waals surface area contributed by atoms with Crippen molar-refractivity contribution >= 4 is 17.6 Å². The summed E-state index contributed by atoms with van der Waals surface area (Å²) in [5.74, 6) is 0.869. The molecule has 29 heavy (non-hydrogen) atoms. The Hall–Kier alpha value is -3.33. The Morgan fingerprint density at radius 3 is 2.28 bits per heavy atom. The Labute approximate surface area is 173 Å². The minimum atomic E-state index is -0.0573. The van der Waals surface area contributed by atoms with Gasteiger partial charge >= 0.3 is 0 Å². The standard InChI is InChI=1S/C26H27NO2/c1-2-29-25-18-10-9-16-23(25)17-11-19-27-26(28)24(22-14-7-4-8-15-22)20-21-12-5-3-6-13-21/h3-10,12-16,18,20H,2,11,17,19H2,1H3,(H,27,28)/b24-20+. The van der Waals surface area contributed by atoms with Gasteiger partial charge in [0.15, 0.2) is 0 Å². The van der Waals surface area contributed by atoms with Gasteiger partial charge in [-0.3, -0.25) is 4.79 Å². The highest BCUT2D eigenvalue weighted by Crippen LogP contribution is 2.20. The summed E-state index contributed by atoms with van der Waals surface area (Å²) in [5, 5.41) is 3.08. The normalized spacial score (nSPS) is 11.1. The zero-order valence-corrected chi connectivity index (χ0v) is 16.8. The molecule has 3 heteroatoms. The molecule has 0 bridgehead atoms. The summed E-state index contributed by atoms with van der Waals surface area (Å²) in [5.41, 5.74) is 3.76. The largest absolute Gasteiger partial charge is 0.494 e. The molecule has 0 spiro atoms. The van der Waals surface area contributed by atoms with Crippen molar-refractivity contribution in [3.8, 4) is 5.75 Å². The number of nitrogens with one attached hydrogen (secondary N) is 1. The number of hydrogen-bond donors (Lipinski definition) is 1. The lowest BCUT2D eigenvalue weighted by molar-refractivity contribution is -0.115. The van der Waals surface area contributed by atoms with Gasteiger partial charge < -0.3 is 10.1 Å². The van der Waals surface area contributed by atoms with Crippen LogP contribution < -0.4 is 10.1 Å². The van der Waals surface area contributed by atoms with E-state index in [1.807, 2.05) is 91.9 Å². The molecule has 0 aliphatic carbocycles. The fourth-order valence-corrected chi connectivity index (χ4v) is 3.20. The van der Waals surface area contributed by atoms with Crippen molar-refractivity contribution in [2.45, 2.75) is 19.8 Å². The lowest BCUT2D eigenvalue weighted by Crippen LogP contribution is -2.25. The van der Waals surface area contributed by atoms with E-state index in [1.165, 1.54) is 5.56 Å². The van der Waals surface area contributed by atoms with Crippen LogP contribution in [0.1, 0.15) is 30.0 Å². The molecule has 148 valence electrons. The Balaban J connectivity index is 1.64. The van der Waals surface area contributed by atoms with Crippen molar-refractivity contribution in [3.05, 3.63) is 102 Å². The minimum absolute atomic E-state index is 0.0573. The number of amides is 1. The molecule has 3 rings (SSSR count). The van der Waals surface area contributed by atoms with Crippen LogP contribution in [0.4, 0.5) is 0 Å². The molecule has 0 radical (unpaired) electrons. The van der Waals surface area contributed by atoms with Crippen molar-refractivity contribution in [1.82, 2.24) is 5.32 Å². The highest BCUT2D eigenvalue weighted by Gasteiger charge is 2.12. The van der Waals surface area contributed by atoms with Gasteiger partial charge in [-0.05, 0) is 48.6 Å². The lowest BCUT2D eigenvalue weighted by atomic mass is 10.0. The Bertz CT molecular complexity index is 933. The molecule has 0 unspecified atom stereocenters. The summed E-state index contributed by atoms with van der Waals surface area (Å²) in [7, 11) is 0. The molecule has 0 saturated heterocycles. The van der Waals surface area contributed by atoms with E-state index < -0.39 is 0 Å². The molecule has 0 aliphatic heterocycles. The molecule has 1 amide bonds. The van der Waals surface area contributed by atoms with Crippen LogP contribution in [0.25, 0.3) is 11.6 Å². The average Bonchev–Trinajstić information content (AvgIpc) is 2.77. The van der Waals surface area contributed by atoms with Gasteiger partial charge in [-0.2, -0.15) is 0 Å². The Morgan fingerprint density at radius 1 is 0.897 bits per heavy atom. The summed E-state index contributed by atoms with van der Waals surface area (Å²) >= 11 is 0. The lowest BCUT2D eigenvalue weighted by Gasteiger charge is -2.12. The van der Waals surface area contributed by atoms with Crippen molar-refractivity contribution in [1.29, 1.82) is 0 Å². The van der Waals surface area contributed by atoms with Crippen molar-refractivity contribution in [2.75, 3.05) is 13.2 Å². The Kier molecular flexibility index (Phi) is 7.64. The first-order valence-electron chi connectivity index (χ1n) is 10.1. The number of carbonyl (C=O) groups excluding carboxylic acids is 1. The van der Waals surface area contributed by atoms with E-state index in [4.69, 9.17) is 4.74 Å². The summed E-state index contributed by atoms with van der Waals surface area (Å²) in [6, 6.07) is 27.8. The van der Waals surface area contributed by atoms with Gasteiger partial charge in [0.05, 0.1) is 6.61 Å². The highest BCUT2D eigenvalue weighted by molar-refractivity contribution is 6.24. The van der Waals surface area contributed by atoms with E-state index in [0.717, 1.165) is 29.7 Å². The van der Waals surface area contributed by atoms with E-state index in [-0.39, 0.29) is 5.91 Å². The van der Waals surface area contributed by atoms with Crippen LogP contribution in [-0.4, -0.2) is 19.1 Å². The first kappa shape index (κ1) is 20.4. The molecule has 3 aromatic rings. The molecule has 3 aromatic carbocycles. The fraction of sp³-hybridized carbons (Fsp3) is 0.192. The van der Waals surface area contributed by atoms with Crippen LogP contribution >= 0.6 is 0 Å². The summed E-state index contributed by atoms with van der Waals surface area (Å²) in [6.45, 7) is 3.25. The van der Waals surface area contributed by atoms with Crippen LogP contribution in [0, 0.1) is 0 Å². The molecule has 0 saturated carbocycles. The minimum Gasteiger partial charge on any atom is -0.494 e. The van der Waals surface area contributed by atoms with Crippen LogP contribution in [0.5, 0.6) is 5.75 Å². The number of ether oxygens (including phenoxy) is 1. The fourth-order valence-electron chi connectivity index (χ4n) is 3.20. The molecule has 3 nitrogen and oxygen atoms in total. The number of carbonyl (C=O) groups is 1. The monoisotopic (exact) mass is 385 g/mol. The van der Waals surface area contributed by atoms with E-state index in [1.54, 1.807) is 0 Å². The summed E-state index contributed by atoms with van der Waals surface area (Å²) in [4.78, 5) is 12.9. The molecule has 0 aliphatic rings. The first-order valence-corrected chi connectivity index (χ1v) is 10.1. The Morgan fingerprint density at radius 2 is 1.55 bits per heavy atom. The summed E-state index contributed by atoms with van der Waals surface area (Å²) < 4.78 is 5.68. The van der Waals surface area contributed by atoms with Crippen LogP contribution in [-0.2, 0) is 11.2 Å². The number of benzene rings is 3. The highest BCUT2D eigenvalue weighted by atomic mass is 16.5. The molecule has 0 fully saturated rings. The molecular weight excluding hydrogens is 358 g/mol. The van der Waals surface area contributed by atoms with Gasteiger partial charge in [-0.25, -0.2) is 0 Å². The second-order valence-corrected chi connectivity index (χ2v) is 6.73. The van der Waals surface area contributed by atoms with Crippen LogP contribution in [0.15, 0.2) is 84.9 Å². The predicted molar refractivity (Wildman–Crippen MR) is 120 cm³/mol. The zero-order chi connectivity index (χ0) is 20.3. The number of para-hydroxylation sites is 1. The van der Waals surface area contributed by atoms with Gasteiger partial charge in [0.25, 0.3) is 5.91 Å². The van der Waals surface area contributed by atoms with Gasteiger partial charge in [0.2, 0.25) is 0 Å². The summed E-state index contributed by atoms with van der Waals surface area (Å²) in [6.07, 6.45) is 3.65. The van der Waals surface area contributed by atoms with Gasteiger partial charge in [0.1, 0.15) is 5.75 Å². The number of aryl methyl sites for hydroxylation is 1. The average molecular weight is 386 g/mol. The molecular formula is C26H27NO2. The number of hydrogen-bond acceptors (Lipinski definition) is 2. The maximum Gasteiger partial charge on any atom is 0.251 e. The van der Waals surface area contributed by atoms with E-state index in [2.05, 4.69) is 11.4 Å². The molecule has 0 aromatic heterocycles. The third-order valence-corrected chi connectivity index (χ3v) is 4.62. The van der Waals surface area contributed by atoms with Crippen molar-refractivity contribution in [2.24, 2.45) is 0 Å². The molecule has 1 N–H and O–H groups in total. The van der Waals surface area contributed by atoms with E-state index >= 15 is 0 Å². The van der Waals surface area contributed by atoms with Gasteiger partial charge in [-0.1, -0.05) is 78.9 Å². The third kappa shape index (κ3) is 6.08. The van der Waals surface area contributed by atoms with Gasteiger partial charge in [0, 0.05) is 12.1 Å². The maximum absolute atomic E-state index is 12.9. The zero-order valence-electron chi connectivity index (χ0n) is 16.8. The van der Waals surface area contributed by atoms with Crippen molar-refractivity contribution < 1.29 is 9.53 Å². The SMILES string of the molecule is CCOc1ccccc1CCCNC(=O)/C(=C/c1ccccc1)c1ccccc1. The second kappa shape index (κ2) is 10.9. The van der Waals surface area contributed by atoms with E-state index in [9.17, 15) is 4.79 Å². The molecule has 0 heterocycles. The topological polar surface area (TPSA) is 38.3 Å². The third-order valence-electron chi connectivity index (χ3n) is 4.62. The van der Waals surface area contributed by atoms with E-state index in [0.29, 0.717) is 18.7 Å². The first-order chi connectivity index (χ1) is 14.3. The van der Waals surface area contributed by atoms with Gasteiger partial charge in [-0.15, -0.1) is 0 Å².